The van der Waals surface area contributed by atoms with Crippen molar-refractivity contribution in [2.45, 2.75) is 83.3 Å². The van der Waals surface area contributed by atoms with Gasteiger partial charge in [0.25, 0.3) is 5.91 Å². The first-order chi connectivity index (χ1) is 13.1. The molecule has 0 aromatic heterocycles. The number of hydrogen-bond acceptors (Lipinski definition) is 4. The molecule has 1 amide bonds. The Morgan fingerprint density at radius 3 is 2.56 bits per heavy atom. The zero-order valence-electron chi connectivity index (χ0n) is 16.8. The predicted molar refractivity (Wildman–Crippen MR) is 111 cm³/mol. The van der Waals surface area contributed by atoms with E-state index in [0.717, 1.165) is 44.3 Å². The van der Waals surface area contributed by atoms with Crippen LogP contribution in [0, 0.1) is 5.92 Å². The highest BCUT2D eigenvalue weighted by molar-refractivity contribution is 5.82. The highest BCUT2D eigenvalue weighted by atomic mass is 16.3. The topological polar surface area (TPSA) is 78.6 Å². The lowest BCUT2D eigenvalue weighted by atomic mass is 9.84. The SMILES string of the molecule is CCCCCCN(NC(=O)C(O)C(N)CC1CCCCC1)c1ccccc1. The van der Waals surface area contributed by atoms with E-state index in [9.17, 15) is 9.90 Å². The third-order valence-electron chi connectivity index (χ3n) is 5.55. The third-order valence-corrected chi connectivity index (χ3v) is 5.55. The Labute approximate surface area is 164 Å². The molecule has 0 aliphatic heterocycles. The number of nitrogens with two attached hydrogens (primary N) is 1. The van der Waals surface area contributed by atoms with Gasteiger partial charge < -0.3 is 10.8 Å². The first-order valence-corrected chi connectivity index (χ1v) is 10.7. The minimum absolute atomic E-state index is 0.405. The van der Waals surface area contributed by atoms with E-state index in [0.29, 0.717) is 5.92 Å². The minimum atomic E-state index is -1.17. The summed E-state index contributed by atoms with van der Waals surface area (Å²) in [6.07, 6.45) is 10.1. The van der Waals surface area contributed by atoms with Gasteiger partial charge in [-0.1, -0.05) is 76.5 Å². The molecule has 5 heteroatoms. The molecule has 4 N–H and O–H groups in total. The van der Waals surface area contributed by atoms with Crippen molar-refractivity contribution in [2.24, 2.45) is 11.7 Å². The van der Waals surface area contributed by atoms with E-state index in [4.69, 9.17) is 5.73 Å². The van der Waals surface area contributed by atoms with E-state index in [1.165, 1.54) is 32.1 Å². The zero-order valence-corrected chi connectivity index (χ0v) is 16.8. The maximum Gasteiger partial charge on any atom is 0.268 e. The van der Waals surface area contributed by atoms with Gasteiger partial charge in [0.15, 0.2) is 0 Å². The summed E-state index contributed by atoms with van der Waals surface area (Å²) in [5.74, 6) is 0.133. The summed E-state index contributed by atoms with van der Waals surface area (Å²) in [6, 6.07) is 9.28. The van der Waals surface area contributed by atoms with Crippen LogP contribution in [-0.4, -0.2) is 29.7 Å². The fourth-order valence-electron chi connectivity index (χ4n) is 3.88. The van der Waals surface area contributed by atoms with Crippen LogP contribution >= 0.6 is 0 Å². The Kier molecular flexibility index (Phi) is 9.64. The van der Waals surface area contributed by atoms with Crippen molar-refractivity contribution in [1.82, 2.24) is 5.43 Å². The Bertz CT molecular complexity index is 532. The summed E-state index contributed by atoms with van der Waals surface area (Å²) in [4.78, 5) is 12.6. The Balaban J connectivity index is 1.90. The molecule has 2 atom stereocenters. The number of amides is 1. The molecule has 1 aromatic rings. The van der Waals surface area contributed by atoms with Gasteiger partial charge in [0.05, 0.1) is 5.69 Å². The number of hydrazine groups is 1. The predicted octanol–water partition coefficient (Wildman–Crippen LogP) is 3.76. The van der Waals surface area contributed by atoms with Crippen LogP contribution in [0.1, 0.15) is 71.1 Å². The number of carbonyl (C=O) groups is 1. The van der Waals surface area contributed by atoms with Gasteiger partial charge in [-0.25, -0.2) is 0 Å². The van der Waals surface area contributed by atoms with Gasteiger partial charge in [0, 0.05) is 12.6 Å². The maximum absolute atomic E-state index is 12.6. The second-order valence-corrected chi connectivity index (χ2v) is 7.87. The van der Waals surface area contributed by atoms with Crippen LogP contribution in [0.25, 0.3) is 0 Å². The molecule has 0 heterocycles. The number of aliphatic hydroxyl groups excluding tert-OH is 1. The van der Waals surface area contributed by atoms with Crippen LogP contribution in [-0.2, 0) is 4.79 Å². The molecular weight excluding hydrogens is 338 g/mol. The zero-order chi connectivity index (χ0) is 19.5. The number of carbonyl (C=O) groups excluding carboxylic acids is 1. The molecule has 0 spiro atoms. The van der Waals surface area contributed by atoms with E-state index in [1.54, 1.807) is 0 Å². The van der Waals surface area contributed by atoms with Crippen LogP contribution in [0.2, 0.25) is 0 Å². The summed E-state index contributed by atoms with van der Waals surface area (Å²) in [5.41, 5.74) is 9.99. The van der Waals surface area contributed by atoms with Crippen molar-refractivity contribution in [2.75, 3.05) is 11.6 Å². The quantitative estimate of drug-likeness (QED) is 0.406. The molecule has 1 fully saturated rings. The fourth-order valence-corrected chi connectivity index (χ4v) is 3.88. The number of hydrogen-bond donors (Lipinski definition) is 3. The van der Waals surface area contributed by atoms with Crippen LogP contribution in [0.4, 0.5) is 5.69 Å². The van der Waals surface area contributed by atoms with Crippen LogP contribution in [0.3, 0.4) is 0 Å². The lowest BCUT2D eigenvalue weighted by Gasteiger charge is -2.30. The summed E-state index contributed by atoms with van der Waals surface area (Å²) in [6.45, 7) is 2.90. The molecular formula is C22H37N3O2. The lowest BCUT2D eigenvalue weighted by molar-refractivity contribution is -0.130. The fraction of sp³-hybridized carbons (Fsp3) is 0.682. The lowest BCUT2D eigenvalue weighted by Crippen LogP contribution is -2.53. The highest BCUT2D eigenvalue weighted by Crippen LogP contribution is 2.27. The number of nitrogens with one attached hydrogen (secondary N) is 1. The molecule has 0 bridgehead atoms. The Morgan fingerprint density at radius 2 is 1.89 bits per heavy atom. The maximum atomic E-state index is 12.6. The standard InChI is InChI=1S/C22H37N3O2/c1-2-3-4-11-16-25(19-14-9-6-10-15-19)24-22(27)21(26)20(23)17-18-12-7-5-8-13-18/h6,9-10,14-15,18,20-21,26H,2-5,7-8,11-13,16-17,23H2,1H3,(H,24,27). The molecule has 1 saturated carbocycles. The minimum Gasteiger partial charge on any atom is -0.382 e. The number of nitrogens with zero attached hydrogens (tertiary/aromatic N) is 1. The number of aliphatic hydroxyl groups is 1. The summed E-state index contributed by atoms with van der Waals surface area (Å²) < 4.78 is 0. The molecule has 152 valence electrons. The number of benzene rings is 1. The highest BCUT2D eigenvalue weighted by Gasteiger charge is 2.27. The largest absolute Gasteiger partial charge is 0.382 e. The van der Waals surface area contributed by atoms with Crippen LogP contribution in [0.15, 0.2) is 30.3 Å². The first-order valence-electron chi connectivity index (χ1n) is 10.7. The third kappa shape index (κ3) is 7.51. The van der Waals surface area contributed by atoms with Gasteiger partial charge in [0.1, 0.15) is 6.10 Å². The molecule has 5 nitrogen and oxygen atoms in total. The van der Waals surface area contributed by atoms with Crippen molar-refractivity contribution >= 4 is 11.6 Å². The summed E-state index contributed by atoms with van der Waals surface area (Å²) in [5, 5.41) is 12.3. The van der Waals surface area contributed by atoms with Gasteiger partial charge in [0.2, 0.25) is 0 Å². The van der Waals surface area contributed by atoms with E-state index in [1.807, 2.05) is 35.3 Å². The van der Waals surface area contributed by atoms with E-state index < -0.39 is 18.1 Å². The van der Waals surface area contributed by atoms with Crippen LogP contribution in [0.5, 0.6) is 0 Å². The van der Waals surface area contributed by atoms with Crippen molar-refractivity contribution in [3.63, 3.8) is 0 Å². The summed E-state index contributed by atoms with van der Waals surface area (Å²) in [7, 11) is 0. The van der Waals surface area contributed by atoms with Crippen molar-refractivity contribution in [3.05, 3.63) is 30.3 Å². The number of rotatable bonds is 11. The monoisotopic (exact) mass is 375 g/mol. The average molecular weight is 376 g/mol. The molecule has 2 unspecified atom stereocenters. The molecule has 1 aromatic carbocycles. The molecule has 0 saturated heterocycles. The molecule has 1 aliphatic rings. The van der Waals surface area contributed by atoms with Gasteiger partial charge in [-0.05, 0) is 30.9 Å². The van der Waals surface area contributed by atoms with Gasteiger partial charge in [-0.3, -0.25) is 15.2 Å². The van der Waals surface area contributed by atoms with Crippen molar-refractivity contribution in [1.29, 1.82) is 0 Å². The second kappa shape index (κ2) is 12.0. The second-order valence-electron chi connectivity index (χ2n) is 7.87. The molecule has 0 radical (unpaired) electrons. The van der Waals surface area contributed by atoms with Gasteiger partial charge >= 0.3 is 0 Å². The van der Waals surface area contributed by atoms with Gasteiger partial charge in [-0.15, -0.1) is 0 Å². The molecule has 2 rings (SSSR count). The number of unbranched alkanes of at least 4 members (excludes halogenated alkanes) is 3. The Hall–Kier alpha value is -1.59. The van der Waals surface area contributed by atoms with Crippen molar-refractivity contribution in [3.8, 4) is 0 Å². The average Bonchev–Trinajstić information content (AvgIpc) is 2.71. The van der Waals surface area contributed by atoms with Crippen LogP contribution < -0.4 is 16.2 Å². The molecule has 27 heavy (non-hydrogen) atoms. The smallest absolute Gasteiger partial charge is 0.268 e. The number of para-hydroxylation sites is 1. The van der Waals surface area contributed by atoms with Gasteiger partial charge in [-0.2, -0.15) is 0 Å². The summed E-state index contributed by atoms with van der Waals surface area (Å²) >= 11 is 0. The molecule has 1 aliphatic carbocycles. The van der Waals surface area contributed by atoms with E-state index in [-0.39, 0.29) is 0 Å². The normalized spacial score (nSPS) is 17.3. The number of anilines is 1. The van der Waals surface area contributed by atoms with E-state index >= 15 is 0 Å². The first kappa shape index (κ1) is 21.7. The van der Waals surface area contributed by atoms with Crippen molar-refractivity contribution < 1.29 is 9.90 Å². The van der Waals surface area contributed by atoms with E-state index in [2.05, 4.69) is 12.3 Å². The Morgan fingerprint density at radius 1 is 1.19 bits per heavy atom.